The van der Waals surface area contributed by atoms with Crippen molar-refractivity contribution in [2.45, 2.75) is 52.1 Å². The van der Waals surface area contributed by atoms with Crippen LogP contribution in [-0.2, 0) is 14.3 Å². The van der Waals surface area contributed by atoms with Crippen molar-refractivity contribution in [3.8, 4) is 0 Å². The third kappa shape index (κ3) is 5.59. The fraction of sp³-hybridized carbons (Fsp3) is 0.857. The first-order valence-electron chi connectivity index (χ1n) is 7.16. The van der Waals surface area contributed by atoms with Gasteiger partial charge in [-0.05, 0) is 19.3 Å². The molecule has 0 spiro atoms. The summed E-state index contributed by atoms with van der Waals surface area (Å²) in [6.45, 7) is 5.23. The van der Waals surface area contributed by atoms with Gasteiger partial charge in [-0.25, -0.2) is 0 Å². The number of aliphatic carboxylic acids is 1. The molecular formula is C14H25NO4. The highest BCUT2D eigenvalue weighted by Crippen LogP contribution is 2.15. The average Bonchev–Trinajstić information content (AvgIpc) is 2.87. The lowest BCUT2D eigenvalue weighted by Crippen LogP contribution is -2.41. The van der Waals surface area contributed by atoms with Crippen LogP contribution < -0.4 is 0 Å². The molecule has 0 aromatic carbocycles. The predicted molar refractivity (Wildman–Crippen MR) is 71.9 cm³/mol. The van der Waals surface area contributed by atoms with E-state index in [2.05, 4.69) is 0 Å². The normalized spacial score (nSPS) is 20.2. The first kappa shape index (κ1) is 16.0. The third-order valence-corrected chi connectivity index (χ3v) is 3.46. The molecule has 2 unspecified atom stereocenters. The van der Waals surface area contributed by atoms with Crippen molar-refractivity contribution in [2.75, 3.05) is 19.7 Å². The molecule has 1 rings (SSSR count). The van der Waals surface area contributed by atoms with Gasteiger partial charge >= 0.3 is 5.97 Å². The number of nitrogens with zero attached hydrogens (tertiary/aromatic N) is 1. The van der Waals surface area contributed by atoms with Crippen LogP contribution in [0.1, 0.15) is 46.0 Å². The molecular weight excluding hydrogens is 246 g/mol. The number of ether oxygens (including phenoxy) is 1. The Bertz CT molecular complexity index is 300. The molecule has 1 N–H and O–H groups in total. The van der Waals surface area contributed by atoms with E-state index in [4.69, 9.17) is 9.84 Å². The Kier molecular flexibility index (Phi) is 6.84. The van der Waals surface area contributed by atoms with E-state index in [0.717, 1.165) is 32.3 Å². The summed E-state index contributed by atoms with van der Waals surface area (Å²) in [6.07, 6.45) is 4.37. The Morgan fingerprint density at radius 3 is 2.74 bits per heavy atom. The van der Waals surface area contributed by atoms with Gasteiger partial charge in [0.05, 0.1) is 12.0 Å². The molecule has 0 aromatic rings. The van der Waals surface area contributed by atoms with Crippen LogP contribution in [0.3, 0.4) is 0 Å². The van der Waals surface area contributed by atoms with E-state index >= 15 is 0 Å². The smallest absolute Gasteiger partial charge is 0.308 e. The summed E-state index contributed by atoms with van der Waals surface area (Å²) in [5.74, 6) is -1.35. The minimum absolute atomic E-state index is 0.0467. The van der Waals surface area contributed by atoms with E-state index in [1.807, 2.05) is 6.92 Å². The maximum absolute atomic E-state index is 12.1. The molecule has 110 valence electrons. The maximum Gasteiger partial charge on any atom is 0.308 e. The lowest BCUT2D eigenvalue weighted by molar-refractivity contribution is -0.143. The summed E-state index contributed by atoms with van der Waals surface area (Å²) in [6, 6.07) is 0. The van der Waals surface area contributed by atoms with Crippen molar-refractivity contribution in [3.05, 3.63) is 0 Å². The van der Waals surface area contributed by atoms with Crippen molar-refractivity contribution in [3.63, 3.8) is 0 Å². The molecule has 0 aliphatic carbocycles. The topological polar surface area (TPSA) is 66.8 Å². The number of carboxylic acids is 1. The van der Waals surface area contributed by atoms with E-state index < -0.39 is 11.9 Å². The first-order chi connectivity index (χ1) is 9.04. The summed E-state index contributed by atoms with van der Waals surface area (Å²) < 4.78 is 5.54. The Morgan fingerprint density at radius 2 is 2.21 bits per heavy atom. The van der Waals surface area contributed by atoms with E-state index in [1.54, 1.807) is 11.8 Å². The van der Waals surface area contributed by atoms with E-state index in [9.17, 15) is 9.59 Å². The summed E-state index contributed by atoms with van der Waals surface area (Å²) in [5.41, 5.74) is 0. The van der Waals surface area contributed by atoms with Gasteiger partial charge in [-0.2, -0.15) is 0 Å². The van der Waals surface area contributed by atoms with E-state index in [0.29, 0.717) is 13.0 Å². The van der Waals surface area contributed by atoms with Crippen molar-refractivity contribution in [1.29, 1.82) is 0 Å². The van der Waals surface area contributed by atoms with Crippen LogP contribution in [0, 0.1) is 5.92 Å². The number of carbonyl (C=O) groups is 2. The minimum Gasteiger partial charge on any atom is -0.481 e. The molecule has 1 amide bonds. The summed E-state index contributed by atoms with van der Waals surface area (Å²) in [7, 11) is 0. The Balaban J connectivity index is 2.54. The third-order valence-electron chi connectivity index (χ3n) is 3.46. The predicted octanol–water partition coefficient (Wildman–Crippen LogP) is 1.90. The molecule has 2 atom stereocenters. The summed E-state index contributed by atoms with van der Waals surface area (Å²) >= 11 is 0. The first-order valence-corrected chi connectivity index (χ1v) is 7.16. The van der Waals surface area contributed by atoms with Gasteiger partial charge in [-0.3, -0.25) is 9.59 Å². The Morgan fingerprint density at radius 1 is 1.47 bits per heavy atom. The van der Waals surface area contributed by atoms with Gasteiger partial charge < -0.3 is 14.7 Å². The zero-order valence-electron chi connectivity index (χ0n) is 11.9. The number of carboxylic acid groups (broad SMARTS) is 1. The summed E-state index contributed by atoms with van der Waals surface area (Å²) in [4.78, 5) is 24.7. The van der Waals surface area contributed by atoms with Crippen LogP contribution in [0.25, 0.3) is 0 Å². The van der Waals surface area contributed by atoms with Crippen LogP contribution in [0.4, 0.5) is 0 Å². The highest BCUT2D eigenvalue weighted by molar-refractivity contribution is 5.77. The largest absolute Gasteiger partial charge is 0.481 e. The molecule has 0 radical (unpaired) electrons. The van der Waals surface area contributed by atoms with Crippen LogP contribution in [0.15, 0.2) is 0 Å². The van der Waals surface area contributed by atoms with Crippen molar-refractivity contribution in [2.24, 2.45) is 5.92 Å². The van der Waals surface area contributed by atoms with Gasteiger partial charge in [-0.15, -0.1) is 0 Å². The zero-order chi connectivity index (χ0) is 14.3. The SMILES string of the molecule is CCCCC(=O)N(CC1CCCO1)CC(C)C(=O)O. The van der Waals surface area contributed by atoms with Gasteiger partial charge in [-0.1, -0.05) is 20.3 Å². The maximum atomic E-state index is 12.1. The van der Waals surface area contributed by atoms with Gasteiger partial charge in [0.1, 0.15) is 0 Å². The van der Waals surface area contributed by atoms with Crippen molar-refractivity contribution < 1.29 is 19.4 Å². The van der Waals surface area contributed by atoms with Gasteiger partial charge in [0.25, 0.3) is 0 Å². The highest BCUT2D eigenvalue weighted by Gasteiger charge is 2.25. The Hall–Kier alpha value is -1.10. The van der Waals surface area contributed by atoms with E-state index in [-0.39, 0.29) is 18.6 Å². The Labute approximate surface area is 114 Å². The van der Waals surface area contributed by atoms with Crippen LogP contribution in [0.5, 0.6) is 0 Å². The molecule has 1 aliphatic heterocycles. The van der Waals surface area contributed by atoms with E-state index in [1.165, 1.54) is 0 Å². The second-order valence-electron chi connectivity index (χ2n) is 5.28. The number of rotatable bonds is 8. The van der Waals surface area contributed by atoms with Crippen molar-refractivity contribution >= 4 is 11.9 Å². The molecule has 1 heterocycles. The van der Waals surface area contributed by atoms with Gasteiger partial charge in [0, 0.05) is 26.1 Å². The standard InChI is InChI=1S/C14H25NO4/c1-3-4-7-13(16)15(9-11(2)14(17)18)10-12-6-5-8-19-12/h11-12H,3-10H2,1-2H3,(H,17,18). The van der Waals surface area contributed by atoms with Crippen LogP contribution in [-0.4, -0.2) is 47.7 Å². The molecule has 5 heteroatoms. The molecule has 1 saturated heterocycles. The lowest BCUT2D eigenvalue weighted by atomic mass is 10.1. The minimum atomic E-state index is -0.861. The number of amides is 1. The summed E-state index contributed by atoms with van der Waals surface area (Å²) in [5, 5.41) is 8.98. The molecule has 0 saturated carbocycles. The molecule has 0 bridgehead atoms. The molecule has 5 nitrogen and oxygen atoms in total. The average molecular weight is 271 g/mol. The van der Waals surface area contributed by atoms with Crippen LogP contribution in [0.2, 0.25) is 0 Å². The quantitative estimate of drug-likeness (QED) is 0.732. The monoisotopic (exact) mass is 271 g/mol. The number of hydrogen-bond donors (Lipinski definition) is 1. The number of unbranched alkanes of at least 4 members (excludes halogenated alkanes) is 1. The molecule has 19 heavy (non-hydrogen) atoms. The second-order valence-corrected chi connectivity index (χ2v) is 5.28. The van der Waals surface area contributed by atoms with Crippen molar-refractivity contribution in [1.82, 2.24) is 4.90 Å². The fourth-order valence-electron chi connectivity index (χ4n) is 2.21. The lowest BCUT2D eigenvalue weighted by Gasteiger charge is -2.27. The highest BCUT2D eigenvalue weighted by atomic mass is 16.5. The molecule has 1 aliphatic rings. The zero-order valence-corrected chi connectivity index (χ0v) is 11.9. The van der Waals surface area contributed by atoms with Gasteiger partial charge in [0.2, 0.25) is 5.91 Å². The number of carbonyl (C=O) groups excluding carboxylic acids is 1. The molecule has 0 aromatic heterocycles. The van der Waals surface area contributed by atoms with Crippen LogP contribution >= 0.6 is 0 Å². The second kappa shape index (κ2) is 8.15. The fourth-order valence-corrected chi connectivity index (χ4v) is 2.21. The van der Waals surface area contributed by atoms with Gasteiger partial charge in [0.15, 0.2) is 0 Å². The molecule has 1 fully saturated rings. The number of hydrogen-bond acceptors (Lipinski definition) is 3.